The number of nitrogens with zero attached hydrogens (tertiary/aromatic N) is 1. The largest absolute Gasteiger partial charge is 0.464 e. The minimum absolute atomic E-state index is 0.000442. The average Bonchev–Trinajstić information content (AvgIpc) is 3.03. The van der Waals surface area contributed by atoms with E-state index in [1.807, 2.05) is 12.1 Å². The Hall–Kier alpha value is -1.79. The molecule has 1 aromatic heterocycles. The molecule has 1 aliphatic heterocycles. The van der Waals surface area contributed by atoms with Gasteiger partial charge in [-0.3, -0.25) is 4.79 Å². The average molecular weight is 408 g/mol. The Balaban J connectivity index is 1.58. The molecular formula is C20H22ClNO4S. The third-order valence-corrected chi connectivity index (χ3v) is 7.49. The van der Waals surface area contributed by atoms with Crippen LogP contribution in [-0.2, 0) is 16.4 Å². The Labute approximate surface area is 164 Å². The van der Waals surface area contributed by atoms with E-state index in [1.54, 1.807) is 29.2 Å². The predicted octanol–water partition coefficient (Wildman–Crippen LogP) is 3.89. The fraction of sp³-hybridized carbons (Fsp3) is 0.450. The first-order chi connectivity index (χ1) is 12.8. The molecule has 1 saturated heterocycles. The minimum atomic E-state index is -3.11. The summed E-state index contributed by atoms with van der Waals surface area (Å²) in [5, 5.41) is 0.552. The molecule has 1 aromatic carbocycles. The summed E-state index contributed by atoms with van der Waals surface area (Å²) >= 11 is 5.92. The Morgan fingerprint density at radius 3 is 2.52 bits per heavy atom. The first-order valence-electron chi connectivity index (χ1n) is 9.18. The molecule has 0 bridgehead atoms. The van der Waals surface area contributed by atoms with Crippen LogP contribution < -0.4 is 0 Å². The lowest BCUT2D eigenvalue weighted by Gasteiger charge is -2.27. The van der Waals surface area contributed by atoms with Crippen LogP contribution in [0.25, 0.3) is 0 Å². The zero-order chi connectivity index (χ0) is 19.2. The predicted molar refractivity (Wildman–Crippen MR) is 104 cm³/mol. The van der Waals surface area contributed by atoms with E-state index in [1.165, 1.54) is 0 Å². The molecule has 0 spiro atoms. The molecule has 27 heavy (non-hydrogen) atoms. The molecule has 2 fully saturated rings. The van der Waals surface area contributed by atoms with Crippen molar-refractivity contribution in [1.29, 1.82) is 0 Å². The van der Waals surface area contributed by atoms with E-state index in [0.717, 1.165) is 12.2 Å². The fourth-order valence-corrected chi connectivity index (χ4v) is 5.57. The molecule has 0 radical (unpaired) electrons. The van der Waals surface area contributed by atoms with E-state index < -0.39 is 9.84 Å². The van der Waals surface area contributed by atoms with Gasteiger partial charge in [-0.05, 0) is 55.2 Å². The van der Waals surface area contributed by atoms with Gasteiger partial charge in [-0.25, -0.2) is 8.42 Å². The number of carbonyl (C=O) groups excluding carboxylic acids is 1. The summed E-state index contributed by atoms with van der Waals surface area (Å²) < 4.78 is 29.9. The lowest BCUT2D eigenvalue weighted by atomic mass is 10.1. The van der Waals surface area contributed by atoms with E-state index >= 15 is 0 Å². The molecule has 5 nitrogen and oxygen atoms in total. The van der Waals surface area contributed by atoms with Crippen molar-refractivity contribution in [2.24, 2.45) is 5.92 Å². The molecule has 3 unspecified atom stereocenters. The summed E-state index contributed by atoms with van der Waals surface area (Å²) in [4.78, 5) is 14.7. The van der Waals surface area contributed by atoms with Crippen molar-refractivity contribution < 1.29 is 17.6 Å². The monoisotopic (exact) mass is 407 g/mol. The van der Waals surface area contributed by atoms with E-state index in [9.17, 15) is 13.2 Å². The zero-order valence-electron chi connectivity index (χ0n) is 15.1. The van der Waals surface area contributed by atoms with Gasteiger partial charge in [-0.15, -0.1) is 0 Å². The first kappa shape index (κ1) is 18.6. The second-order valence-corrected chi connectivity index (χ2v) is 10.3. The summed E-state index contributed by atoms with van der Waals surface area (Å²) in [5.74, 6) is 2.66. The first-order valence-corrected chi connectivity index (χ1v) is 11.4. The van der Waals surface area contributed by atoms with Crippen LogP contribution in [-0.4, -0.2) is 36.8 Å². The Bertz CT molecular complexity index is 951. The maximum absolute atomic E-state index is 13.1. The highest BCUT2D eigenvalue weighted by molar-refractivity contribution is 7.91. The molecule has 2 aliphatic rings. The zero-order valence-corrected chi connectivity index (χ0v) is 16.7. The second kappa shape index (κ2) is 6.99. The minimum Gasteiger partial charge on any atom is -0.464 e. The van der Waals surface area contributed by atoms with Gasteiger partial charge in [0.25, 0.3) is 5.91 Å². The number of hydrogen-bond donors (Lipinski definition) is 0. The maximum Gasteiger partial charge on any atom is 0.254 e. The Morgan fingerprint density at radius 2 is 1.93 bits per heavy atom. The van der Waals surface area contributed by atoms with Crippen LogP contribution >= 0.6 is 11.6 Å². The molecule has 7 heteroatoms. The molecule has 144 valence electrons. The van der Waals surface area contributed by atoms with Crippen LogP contribution in [0.5, 0.6) is 0 Å². The van der Waals surface area contributed by atoms with E-state index in [2.05, 4.69) is 6.92 Å². The van der Waals surface area contributed by atoms with Gasteiger partial charge < -0.3 is 9.32 Å². The normalized spacial score (nSPS) is 26.1. The van der Waals surface area contributed by atoms with Crippen molar-refractivity contribution in [3.63, 3.8) is 0 Å². The Morgan fingerprint density at radius 1 is 1.22 bits per heavy atom. The van der Waals surface area contributed by atoms with Crippen LogP contribution in [0.3, 0.4) is 0 Å². The van der Waals surface area contributed by atoms with Crippen LogP contribution in [0.15, 0.2) is 40.8 Å². The smallest absolute Gasteiger partial charge is 0.254 e. The lowest BCUT2D eigenvalue weighted by molar-refractivity contribution is 0.0665. The summed E-state index contributed by atoms with van der Waals surface area (Å²) in [7, 11) is -3.11. The van der Waals surface area contributed by atoms with Gasteiger partial charge in [0.2, 0.25) is 0 Å². The number of sulfone groups is 1. The molecule has 1 aliphatic carbocycles. The summed E-state index contributed by atoms with van der Waals surface area (Å²) in [6, 6.07) is 10.2. The van der Waals surface area contributed by atoms with Crippen molar-refractivity contribution in [3.05, 3.63) is 58.5 Å². The van der Waals surface area contributed by atoms with Gasteiger partial charge in [0.1, 0.15) is 11.5 Å². The van der Waals surface area contributed by atoms with Gasteiger partial charge in [-0.1, -0.05) is 18.5 Å². The number of rotatable bonds is 5. The van der Waals surface area contributed by atoms with Gasteiger partial charge >= 0.3 is 0 Å². The van der Waals surface area contributed by atoms with Crippen LogP contribution in [0, 0.1) is 5.92 Å². The van der Waals surface area contributed by atoms with E-state index in [0.29, 0.717) is 34.6 Å². The van der Waals surface area contributed by atoms with Crippen molar-refractivity contribution in [2.45, 2.75) is 38.3 Å². The standard InChI is InChI=1S/C20H22ClNO4S/c1-13-10-18(13)19-7-6-17(26-19)11-22(16-8-9-27(24,25)12-16)20(23)14-2-4-15(21)5-3-14/h2-7,13,16,18H,8-12H2,1H3. The van der Waals surface area contributed by atoms with Gasteiger partial charge in [0.05, 0.1) is 18.1 Å². The van der Waals surface area contributed by atoms with Gasteiger partial charge in [0, 0.05) is 22.5 Å². The third kappa shape index (κ3) is 4.06. The third-order valence-electron chi connectivity index (χ3n) is 5.48. The number of carbonyl (C=O) groups is 1. The molecule has 2 heterocycles. The fourth-order valence-electron chi connectivity index (χ4n) is 3.71. The number of amides is 1. The molecule has 2 aromatic rings. The summed E-state index contributed by atoms with van der Waals surface area (Å²) in [6.45, 7) is 2.45. The van der Waals surface area contributed by atoms with Crippen molar-refractivity contribution in [3.8, 4) is 0 Å². The molecule has 1 saturated carbocycles. The molecule has 3 atom stereocenters. The number of benzene rings is 1. The number of furan rings is 1. The second-order valence-electron chi connectivity index (χ2n) is 7.62. The summed E-state index contributed by atoms with van der Waals surface area (Å²) in [6.07, 6.45) is 1.58. The topological polar surface area (TPSA) is 67.6 Å². The highest BCUT2D eigenvalue weighted by atomic mass is 35.5. The highest BCUT2D eigenvalue weighted by Gasteiger charge is 2.38. The number of hydrogen-bond acceptors (Lipinski definition) is 4. The van der Waals surface area contributed by atoms with Gasteiger partial charge in [0.15, 0.2) is 9.84 Å². The lowest BCUT2D eigenvalue weighted by Crippen LogP contribution is -2.40. The van der Waals surface area contributed by atoms with E-state index in [-0.39, 0.29) is 30.0 Å². The van der Waals surface area contributed by atoms with Gasteiger partial charge in [-0.2, -0.15) is 0 Å². The Kier molecular flexibility index (Phi) is 4.80. The van der Waals surface area contributed by atoms with Crippen LogP contribution in [0.1, 0.15) is 47.6 Å². The van der Waals surface area contributed by atoms with Crippen molar-refractivity contribution in [1.82, 2.24) is 4.90 Å². The molecule has 0 N–H and O–H groups in total. The van der Waals surface area contributed by atoms with Crippen LogP contribution in [0.4, 0.5) is 0 Å². The summed E-state index contributed by atoms with van der Waals surface area (Å²) in [5.41, 5.74) is 0.492. The van der Waals surface area contributed by atoms with Crippen molar-refractivity contribution >= 4 is 27.3 Å². The van der Waals surface area contributed by atoms with E-state index in [4.69, 9.17) is 16.0 Å². The SMILES string of the molecule is CC1CC1c1ccc(CN(C(=O)c2ccc(Cl)cc2)C2CCS(=O)(=O)C2)o1. The molecule has 1 amide bonds. The molecular weight excluding hydrogens is 386 g/mol. The highest BCUT2D eigenvalue weighted by Crippen LogP contribution is 2.47. The number of halogens is 1. The quantitative estimate of drug-likeness (QED) is 0.754. The van der Waals surface area contributed by atoms with Crippen molar-refractivity contribution in [2.75, 3.05) is 11.5 Å². The van der Waals surface area contributed by atoms with Crippen LogP contribution in [0.2, 0.25) is 5.02 Å². The maximum atomic E-state index is 13.1. The molecule has 4 rings (SSSR count).